The predicted octanol–water partition coefficient (Wildman–Crippen LogP) is 8.29. The van der Waals surface area contributed by atoms with Gasteiger partial charge in [-0.15, -0.1) is 0 Å². The number of para-hydroxylation sites is 3. The van der Waals surface area contributed by atoms with E-state index in [0.29, 0.717) is 23.2 Å². The lowest BCUT2D eigenvalue weighted by Gasteiger charge is -2.40. The lowest BCUT2D eigenvalue weighted by Crippen LogP contribution is -2.46. The second kappa shape index (κ2) is 11.0. The van der Waals surface area contributed by atoms with Crippen LogP contribution in [0.4, 0.5) is 22.9 Å². The monoisotopic (exact) mass is 596 g/mol. The van der Waals surface area contributed by atoms with Crippen molar-refractivity contribution in [3.8, 4) is 17.2 Å². The summed E-state index contributed by atoms with van der Waals surface area (Å²) in [6.07, 6.45) is 0. The molecule has 0 bridgehead atoms. The standard InChI is InChI=1S/C37H36N6O2/c1-23-32-33(24-16-18-25(19-17-24)37(2,3)4)42-30-15-11-10-14-28(30)38-34(39-29-21-20-27(44-5)22-31(29)45-6)36(42)40-35(32)43(41-23)26-12-8-7-9-13-26/h7-22,33H,1-6H3,(H,38,39)/t33-/m0/s1. The zero-order chi connectivity index (χ0) is 31.3. The number of hydrogen-bond donors (Lipinski definition) is 1. The number of hydrogen-bond acceptors (Lipinski definition) is 7. The molecule has 3 heterocycles. The van der Waals surface area contributed by atoms with Crippen LogP contribution in [0.3, 0.4) is 0 Å². The summed E-state index contributed by atoms with van der Waals surface area (Å²) in [4.78, 5) is 12.8. The van der Waals surface area contributed by atoms with Crippen LogP contribution in [0.5, 0.6) is 11.5 Å². The highest BCUT2D eigenvalue weighted by molar-refractivity contribution is 6.51. The lowest BCUT2D eigenvalue weighted by molar-refractivity contribution is 0.395. The number of nitrogens with one attached hydrogen (secondary N) is 1. The van der Waals surface area contributed by atoms with Gasteiger partial charge < -0.3 is 19.7 Å². The van der Waals surface area contributed by atoms with E-state index < -0.39 is 0 Å². The van der Waals surface area contributed by atoms with E-state index in [1.54, 1.807) is 14.2 Å². The first-order valence-electron chi connectivity index (χ1n) is 15.1. The van der Waals surface area contributed by atoms with Gasteiger partial charge in [0.1, 0.15) is 11.5 Å². The summed E-state index contributed by atoms with van der Waals surface area (Å²) >= 11 is 0. The SMILES string of the molecule is COc1ccc(NC2=Nc3ccccc3N3C2=Nc2c(c(C)nn2-c2ccccc2)[C@@H]3c2ccc(C(C)(C)C)cc2)c(OC)c1. The van der Waals surface area contributed by atoms with Crippen LogP contribution in [-0.2, 0) is 5.41 Å². The number of nitrogens with zero attached hydrogens (tertiary/aromatic N) is 5. The summed E-state index contributed by atoms with van der Waals surface area (Å²) in [5, 5.41) is 8.61. The molecule has 8 nitrogen and oxygen atoms in total. The molecule has 0 amide bonds. The minimum absolute atomic E-state index is 0.0376. The molecule has 1 N–H and O–H groups in total. The molecule has 5 aromatic rings. The smallest absolute Gasteiger partial charge is 0.179 e. The van der Waals surface area contributed by atoms with Gasteiger partial charge in [0.05, 0.1) is 48.7 Å². The summed E-state index contributed by atoms with van der Waals surface area (Å²) in [5.41, 5.74) is 7.97. The molecule has 4 aromatic carbocycles. The van der Waals surface area contributed by atoms with Gasteiger partial charge in [-0.2, -0.15) is 5.10 Å². The third kappa shape index (κ3) is 4.92. The number of ether oxygens (including phenoxy) is 2. The summed E-state index contributed by atoms with van der Waals surface area (Å²) in [6.45, 7) is 8.79. The highest BCUT2D eigenvalue weighted by Crippen LogP contribution is 2.48. The number of aliphatic imine (C=N–C) groups is 2. The Labute approximate surface area is 263 Å². The van der Waals surface area contributed by atoms with Crippen LogP contribution in [0.15, 0.2) is 107 Å². The predicted molar refractivity (Wildman–Crippen MR) is 182 cm³/mol. The van der Waals surface area contributed by atoms with E-state index in [-0.39, 0.29) is 11.5 Å². The second-order valence-electron chi connectivity index (χ2n) is 12.3. The van der Waals surface area contributed by atoms with Crippen molar-refractivity contribution < 1.29 is 9.47 Å². The van der Waals surface area contributed by atoms with E-state index in [0.717, 1.165) is 45.4 Å². The van der Waals surface area contributed by atoms with Gasteiger partial charge in [0.15, 0.2) is 17.5 Å². The highest BCUT2D eigenvalue weighted by atomic mass is 16.5. The zero-order valence-corrected chi connectivity index (χ0v) is 26.4. The van der Waals surface area contributed by atoms with E-state index in [9.17, 15) is 0 Å². The van der Waals surface area contributed by atoms with Crippen LogP contribution >= 0.6 is 0 Å². The molecule has 0 aliphatic carbocycles. The van der Waals surface area contributed by atoms with Crippen LogP contribution in [0, 0.1) is 6.92 Å². The quantitative estimate of drug-likeness (QED) is 0.221. The van der Waals surface area contributed by atoms with Crippen molar-refractivity contribution in [1.82, 2.24) is 9.78 Å². The van der Waals surface area contributed by atoms with Crippen LogP contribution in [-0.4, -0.2) is 35.7 Å². The van der Waals surface area contributed by atoms with Crippen molar-refractivity contribution in [1.29, 1.82) is 0 Å². The van der Waals surface area contributed by atoms with E-state index in [1.165, 1.54) is 5.56 Å². The maximum absolute atomic E-state index is 5.74. The average molecular weight is 597 g/mol. The second-order valence-corrected chi connectivity index (χ2v) is 12.3. The first-order valence-corrected chi connectivity index (χ1v) is 15.1. The molecule has 0 saturated heterocycles. The van der Waals surface area contributed by atoms with Crippen LogP contribution in [0.2, 0.25) is 0 Å². The van der Waals surface area contributed by atoms with Crippen LogP contribution < -0.4 is 19.7 Å². The number of benzene rings is 4. The van der Waals surface area contributed by atoms with E-state index in [4.69, 9.17) is 24.6 Å². The summed E-state index contributed by atoms with van der Waals surface area (Å²) in [5.74, 6) is 3.43. The van der Waals surface area contributed by atoms with Crippen LogP contribution in [0.25, 0.3) is 5.69 Å². The maximum atomic E-state index is 5.74. The Kier molecular flexibility index (Phi) is 6.92. The largest absolute Gasteiger partial charge is 0.497 e. The van der Waals surface area contributed by atoms with E-state index in [1.807, 2.05) is 59.3 Å². The minimum atomic E-state index is -0.204. The molecule has 226 valence electrons. The molecule has 2 aliphatic rings. The van der Waals surface area contributed by atoms with E-state index >= 15 is 0 Å². The fraction of sp³-hybridized carbons (Fsp3) is 0.216. The van der Waals surface area contributed by atoms with Gasteiger partial charge in [-0.1, -0.05) is 75.4 Å². The molecule has 0 radical (unpaired) electrons. The van der Waals surface area contributed by atoms with Crippen molar-refractivity contribution >= 4 is 34.6 Å². The zero-order valence-electron chi connectivity index (χ0n) is 26.4. The van der Waals surface area contributed by atoms with Gasteiger partial charge >= 0.3 is 0 Å². The fourth-order valence-electron chi connectivity index (χ4n) is 6.06. The van der Waals surface area contributed by atoms with Crippen molar-refractivity contribution in [2.75, 3.05) is 24.4 Å². The molecule has 8 heteroatoms. The Hall–Kier alpha value is -5.37. The van der Waals surface area contributed by atoms with Gasteiger partial charge in [-0.25, -0.2) is 14.7 Å². The summed E-state index contributed by atoms with van der Waals surface area (Å²) in [7, 11) is 3.29. The molecule has 0 spiro atoms. The Morgan fingerprint density at radius 1 is 0.800 bits per heavy atom. The number of methoxy groups -OCH3 is 2. The van der Waals surface area contributed by atoms with Gasteiger partial charge in [-0.05, 0) is 59.9 Å². The number of aromatic nitrogens is 2. The average Bonchev–Trinajstić information content (AvgIpc) is 3.39. The van der Waals surface area contributed by atoms with Gasteiger partial charge in [0, 0.05) is 11.6 Å². The fourth-order valence-corrected chi connectivity index (χ4v) is 6.06. The minimum Gasteiger partial charge on any atom is -0.497 e. The molecule has 2 aliphatic heterocycles. The summed E-state index contributed by atoms with van der Waals surface area (Å²) in [6, 6.07) is 32.8. The molecule has 1 atom stereocenters. The Morgan fingerprint density at radius 3 is 2.24 bits per heavy atom. The molecule has 0 unspecified atom stereocenters. The van der Waals surface area contributed by atoms with Crippen molar-refractivity contribution in [2.24, 2.45) is 9.98 Å². The van der Waals surface area contributed by atoms with Crippen molar-refractivity contribution in [3.05, 3.63) is 119 Å². The van der Waals surface area contributed by atoms with E-state index in [2.05, 4.69) is 80.4 Å². The number of amidine groups is 2. The van der Waals surface area contributed by atoms with Gasteiger partial charge in [0.2, 0.25) is 0 Å². The molecular weight excluding hydrogens is 560 g/mol. The number of anilines is 2. The Morgan fingerprint density at radius 2 is 1.53 bits per heavy atom. The number of aryl methyl sites for hydroxylation is 1. The number of fused-ring (bicyclic) bond motifs is 4. The molecule has 1 aromatic heterocycles. The van der Waals surface area contributed by atoms with Crippen molar-refractivity contribution in [2.45, 2.75) is 39.2 Å². The third-order valence-corrected chi connectivity index (χ3v) is 8.39. The molecule has 0 saturated carbocycles. The maximum Gasteiger partial charge on any atom is 0.179 e. The highest BCUT2D eigenvalue weighted by Gasteiger charge is 2.41. The van der Waals surface area contributed by atoms with Crippen molar-refractivity contribution in [3.63, 3.8) is 0 Å². The molecule has 0 fully saturated rings. The third-order valence-electron chi connectivity index (χ3n) is 8.39. The first-order chi connectivity index (χ1) is 21.8. The first kappa shape index (κ1) is 28.4. The molecular formula is C37H36N6O2. The van der Waals surface area contributed by atoms with Crippen LogP contribution in [0.1, 0.15) is 49.2 Å². The molecule has 45 heavy (non-hydrogen) atoms. The Balaban J connectivity index is 1.46. The lowest BCUT2D eigenvalue weighted by atomic mass is 9.85. The van der Waals surface area contributed by atoms with Gasteiger partial charge in [-0.3, -0.25) is 0 Å². The topological polar surface area (TPSA) is 76.3 Å². The normalized spacial score (nSPS) is 15.3. The van der Waals surface area contributed by atoms with Gasteiger partial charge in [0.25, 0.3) is 0 Å². The number of rotatable bonds is 5. The summed E-state index contributed by atoms with van der Waals surface area (Å²) < 4.78 is 13.1. The molecule has 7 rings (SSSR count). The Bertz CT molecular complexity index is 1950.